The van der Waals surface area contributed by atoms with Crippen molar-refractivity contribution in [1.29, 1.82) is 0 Å². The largest absolute Gasteiger partial charge is 0.416 e. The SMILES string of the molecule is CC(C)[C@@H](CO)Nc1nc(Nc2ccc(C(F)(F)F)cc2Br)cc(-c2cccnc2)n1. The first-order valence-electron chi connectivity index (χ1n) is 9.48. The van der Waals surface area contributed by atoms with Gasteiger partial charge in [0.05, 0.1) is 29.6 Å². The van der Waals surface area contributed by atoms with Crippen molar-refractivity contribution in [2.45, 2.75) is 26.1 Å². The summed E-state index contributed by atoms with van der Waals surface area (Å²) in [4.78, 5) is 13.0. The first-order chi connectivity index (χ1) is 14.7. The van der Waals surface area contributed by atoms with Crippen LogP contribution in [0.2, 0.25) is 0 Å². The number of pyridine rings is 1. The van der Waals surface area contributed by atoms with E-state index in [0.717, 1.165) is 17.7 Å². The molecule has 1 aromatic carbocycles. The van der Waals surface area contributed by atoms with Crippen LogP contribution in [0.15, 0.2) is 53.3 Å². The molecule has 0 radical (unpaired) electrons. The van der Waals surface area contributed by atoms with Crippen LogP contribution in [0.4, 0.5) is 30.6 Å². The first-order valence-corrected chi connectivity index (χ1v) is 10.3. The average molecular weight is 496 g/mol. The topological polar surface area (TPSA) is 83.0 Å². The van der Waals surface area contributed by atoms with Gasteiger partial charge in [-0.1, -0.05) is 13.8 Å². The number of rotatable bonds is 7. The van der Waals surface area contributed by atoms with Crippen molar-refractivity contribution in [1.82, 2.24) is 15.0 Å². The van der Waals surface area contributed by atoms with Gasteiger partial charge in [0.25, 0.3) is 0 Å². The third-order valence-electron chi connectivity index (χ3n) is 4.56. The molecule has 3 aromatic rings. The zero-order valence-electron chi connectivity index (χ0n) is 16.8. The molecule has 0 aliphatic rings. The van der Waals surface area contributed by atoms with E-state index in [4.69, 9.17) is 0 Å². The number of halogens is 4. The Morgan fingerprint density at radius 2 is 1.90 bits per heavy atom. The molecule has 3 N–H and O–H groups in total. The first kappa shape index (κ1) is 23.0. The molecule has 0 spiro atoms. The lowest BCUT2D eigenvalue weighted by Crippen LogP contribution is -2.30. The highest BCUT2D eigenvalue weighted by molar-refractivity contribution is 9.10. The van der Waals surface area contributed by atoms with E-state index < -0.39 is 11.7 Å². The number of anilines is 3. The van der Waals surface area contributed by atoms with Crippen LogP contribution in [0, 0.1) is 5.92 Å². The number of aromatic nitrogens is 3. The van der Waals surface area contributed by atoms with Crippen LogP contribution < -0.4 is 10.6 Å². The van der Waals surface area contributed by atoms with E-state index in [0.29, 0.717) is 17.2 Å². The van der Waals surface area contributed by atoms with Crippen LogP contribution >= 0.6 is 15.9 Å². The maximum atomic E-state index is 12.9. The van der Waals surface area contributed by atoms with E-state index in [1.165, 1.54) is 6.07 Å². The van der Waals surface area contributed by atoms with Crippen LogP contribution in [0.1, 0.15) is 19.4 Å². The summed E-state index contributed by atoms with van der Waals surface area (Å²) in [6.07, 6.45) is -1.14. The maximum Gasteiger partial charge on any atom is 0.416 e. The fraction of sp³-hybridized carbons (Fsp3) is 0.286. The summed E-state index contributed by atoms with van der Waals surface area (Å²) < 4.78 is 39.1. The van der Waals surface area contributed by atoms with Gasteiger partial charge in [-0.25, -0.2) is 4.98 Å². The molecule has 1 atom stereocenters. The van der Waals surface area contributed by atoms with Crippen molar-refractivity contribution in [2.24, 2.45) is 5.92 Å². The predicted octanol–water partition coefficient (Wildman–Crippen LogP) is 5.49. The van der Waals surface area contributed by atoms with Gasteiger partial charge in [0.1, 0.15) is 5.82 Å². The van der Waals surface area contributed by atoms with E-state index >= 15 is 0 Å². The fourth-order valence-corrected chi connectivity index (χ4v) is 3.24. The predicted molar refractivity (Wildman–Crippen MR) is 117 cm³/mol. The molecule has 164 valence electrons. The van der Waals surface area contributed by atoms with Gasteiger partial charge in [-0.05, 0) is 52.2 Å². The van der Waals surface area contributed by atoms with E-state index in [1.54, 1.807) is 24.5 Å². The van der Waals surface area contributed by atoms with Gasteiger partial charge in [-0.2, -0.15) is 18.2 Å². The fourth-order valence-electron chi connectivity index (χ4n) is 2.76. The molecule has 6 nitrogen and oxygen atoms in total. The summed E-state index contributed by atoms with van der Waals surface area (Å²) in [6.45, 7) is 3.81. The van der Waals surface area contributed by atoms with Gasteiger partial charge < -0.3 is 15.7 Å². The molecular formula is C21H21BrF3N5O. The van der Waals surface area contributed by atoms with Crippen LogP contribution in [0.5, 0.6) is 0 Å². The quantitative estimate of drug-likeness (QED) is 0.401. The van der Waals surface area contributed by atoms with Crippen molar-refractivity contribution >= 4 is 33.4 Å². The molecule has 0 fully saturated rings. The van der Waals surface area contributed by atoms with Crippen LogP contribution in [0.3, 0.4) is 0 Å². The summed E-state index contributed by atoms with van der Waals surface area (Å²) in [5, 5.41) is 15.8. The van der Waals surface area contributed by atoms with E-state index in [9.17, 15) is 18.3 Å². The molecule has 10 heteroatoms. The minimum Gasteiger partial charge on any atom is -0.394 e. The number of aliphatic hydroxyl groups is 1. The van der Waals surface area contributed by atoms with Gasteiger partial charge in [0, 0.05) is 28.5 Å². The number of aliphatic hydroxyl groups excluding tert-OH is 1. The number of benzene rings is 1. The molecule has 31 heavy (non-hydrogen) atoms. The highest BCUT2D eigenvalue weighted by Crippen LogP contribution is 2.35. The molecule has 0 unspecified atom stereocenters. The molecule has 3 rings (SSSR count). The highest BCUT2D eigenvalue weighted by atomic mass is 79.9. The van der Waals surface area contributed by atoms with Crippen molar-refractivity contribution in [2.75, 3.05) is 17.2 Å². The number of nitrogens with one attached hydrogen (secondary N) is 2. The van der Waals surface area contributed by atoms with E-state index in [-0.39, 0.29) is 29.0 Å². The monoisotopic (exact) mass is 495 g/mol. The Hall–Kier alpha value is -2.72. The Morgan fingerprint density at radius 3 is 2.48 bits per heavy atom. The molecule has 0 amide bonds. The number of hydrogen-bond donors (Lipinski definition) is 3. The molecular weight excluding hydrogens is 475 g/mol. The Morgan fingerprint density at radius 1 is 1.13 bits per heavy atom. The van der Waals surface area contributed by atoms with Gasteiger partial charge in [0.2, 0.25) is 5.95 Å². The molecule has 0 saturated heterocycles. The smallest absolute Gasteiger partial charge is 0.394 e. The average Bonchev–Trinajstić information content (AvgIpc) is 2.73. The highest BCUT2D eigenvalue weighted by Gasteiger charge is 2.30. The third kappa shape index (κ3) is 5.92. The number of hydrogen-bond acceptors (Lipinski definition) is 6. The minimum atomic E-state index is -4.43. The lowest BCUT2D eigenvalue weighted by atomic mass is 10.1. The molecule has 0 bridgehead atoms. The van der Waals surface area contributed by atoms with Gasteiger partial charge in [-0.15, -0.1) is 0 Å². The van der Waals surface area contributed by atoms with Crippen LogP contribution in [-0.2, 0) is 6.18 Å². The standard InChI is InChI=1S/C21H21BrF3N5O/c1-12(2)18(11-31)29-20-28-17(13-4-3-7-26-10-13)9-19(30-20)27-16-6-5-14(8-15(16)22)21(23,24)25/h3-10,12,18,31H,11H2,1-2H3,(H2,27,28,29,30)/t18-/m1/s1. The van der Waals surface area contributed by atoms with Gasteiger partial charge in [0.15, 0.2) is 0 Å². The van der Waals surface area contributed by atoms with Gasteiger partial charge in [-0.3, -0.25) is 4.98 Å². The number of nitrogens with zero attached hydrogens (tertiary/aromatic N) is 3. The minimum absolute atomic E-state index is 0.106. The lowest BCUT2D eigenvalue weighted by Gasteiger charge is -2.21. The second-order valence-electron chi connectivity index (χ2n) is 7.20. The Bertz CT molecular complexity index is 1030. The van der Waals surface area contributed by atoms with E-state index in [1.807, 2.05) is 19.9 Å². The molecule has 0 aliphatic heterocycles. The zero-order chi connectivity index (χ0) is 22.6. The van der Waals surface area contributed by atoms with Crippen molar-refractivity contribution < 1.29 is 18.3 Å². The van der Waals surface area contributed by atoms with E-state index in [2.05, 4.69) is 41.5 Å². The lowest BCUT2D eigenvalue weighted by molar-refractivity contribution is -0.137. The summed E-state index contributed by atoms with van der Waals surface area (Å²) in [5.74, 6) is 0.771. The van der Waals surface area contributed by atoms with Gasteiger partial charge >= 0.3 is 6.18 Å². The van der Waals surface area contributed by atoms with Crippen molar-refractivity contribution in [3.8, 4) is 11.3 Å². The Labute approximate surface area is 186 Å². The van der Waals surface area contributed by atoms with Crippen LogP contribution in [-0.4, -0.2) is 32.7 Å². The summed E-state index contributed by atoms with van der Waals surface area (Å²) in [6, 6.07) is 8.35. The normalized spacial score (nSPS) is 12.6. The Kier molecular flexibility index (Phi) is 7.11. The maximum absolute atomic E-state index is 12.9. The molecule has 0 saturated carbocycles. The molecule has 2 aromatic heterocycles. The van der Waals surface area contributed by atoms with Crippen LogP contribution in [0.25, 0.3) is 11.3 Å². The van der Waals surface area contributed by atoms with Crippen molar-refractivity contribution in [3.63, 3.8) is 0 Å². The second kappa shape index (κ2) is 9.61. The summed E-state index contributed by atoms with van der Waals surface area (Å²) in [7, 11) is 0. The number of alkyl halides is 3. The summed E-state index contributed by atoms with van der Waals surface area (Å²) >= 11 is 3.19. The summed E-state index contributed by atoms with van der Waals surface area (Å²) in [5.41, 5.74) is 0.968. The third-order valence-corrected chi connectivity index (χ3v) is 5.21. The zero-order valence-corrected chi connectivity index (χ0v) is 18.4. The van der Waals surface area contributed by atoms with Crippen molar-refractivity contribution in [3.05, 3.63) is 58.8 Å². The molecule has 2 heterocycles. The molecule has 0 aliphatic carbocycles. The Balaban J connectivity index is 1.98. The second-order valence-corrected chi connectivity index (χ2v) is 8.05.